The van der Waals surface area contributed by atoms with E-state index in [-0.39, 0.29) is 16.1 Å². The van der Waals surface area contributed by atoms with Crippen molar-refractivity contribution in [2.24, 2.45) is 0 Å². The minimum atomic E-state index is -3.67. The van der Waals surface area contributed by atoms with Crippen LogP contribution in [0.25, 0.3) is 0 Å². The van der Waals surface area contributed by atoms with Gasteiger partial charge in [-0.25, -0.2) is 17.5 Å². The fourth-order valence-corrected chi connectivity index (χ4v) is 3.30. The number of sulfonamides is 1. The first kappa shape index (κ1) is 21.5. The Morgan fingerprint density at radius 2 is 1.82 bits per heavy atom. The maximum atomic E-state index is 12.4. The Hall–Kier alpha value is -2.85. The largest absolute Gasteiger partial charge is 0.469 e. The number of nitrogens with zero attached hydrogens (tertiary/aromatic N) is 2. The first-order chi connectivity index (χ1) is 13.0. The van der Waals surface area contributed by atoms with E-state index in [0.29, 0.717) is 11.4 Å². The summed E-state index contributed by atoms with van der Waals surface area (Å²) in [7, 11) is 2.69. The van der Waals surface area contributed by atoms with Gasteiger partial charge >= 0.3 is 5.97 Å². The molecule has 28 heavy (non-hydrogen) atoms. The molecule has 0 saturated carbocycles. The number of benzene rings is 1. The van der Waals surface area contributed by atoms with Crippen molar-refractivity contribution in [3.8, 4) is 0 Å². The number of aryl methyl sites for hydroxylation is 1. The average molecular weight is 409 g/mol. The molecule has 0 radical (unpaired) electrons. The summed E-state index contributed by atoms with van der Waals surface area (Å²) in [4.78, 5) is 26.0. The molecule has 0 aliphatic carbocycles. The number of amides is 1. The molecule has 2 rings (SSSR count). The molecule has 0 spiro atoms. The molecule has 0 bridgehead atoms. The van der Waals surface area contributed by atoms with E-state index < -0.39 is 28.5 Å². The molecule has 9 nitrogen and oxygen atoms in total. The Labute approximate surface area is 163 Å². The molecule has 10 heteroatoms. The van der Waals surface area contributed by atoms with Gasteiger partial charge in [-0.3, -0.25) is 4.79 Å². The molecule has 1 heterocycles. The maximum Gasteiger partial charge on any atom is 0.342 e. The van der Waals surface area contributed by atoms with E-state index >= 15 is 0 Å². The summed E-state index contributed by atoms with van der Waals surface area (Å²) in [5.74, 6) is -0.892. The highest BCUT2D eigenvalue weighted by Crippen LogP contribution is 2.28. The maximum absolute atomic E-state index is 12.4. The van der Waals surface area contributed by atoms with Crippen LogP contribution in [0.15, 0.2) is 39.8 Å². The van der Waals surface area contributed by atoms with Gasteiger partial charge in [0.2, 0.25) is 10.0 Å². The normalized spacial score (nSPS) is 11.4. The zero-order valence-electron chi connectivity index (χ0n) is 16.3. The van der Waals surface area contributed by atoms with Gasteiger partial charge in [0.1, 0.15) is 11.3 Å². The molecule has 0 atom stereocenters. The van der Waals surface area contributed by atoms with E-state index in [2.05, 4.69) is 5.32 Å². The van der Waals surface area contributed by atoms with Crippen molar-refractivity contribution in [2.75, 3.05) is 45.0 Å². The van der Waals surface area contributed by atoms with Crippen molar-refractivity contribution in [3.63, 3.8) is 0 Å². The smallest absolute Gasteiger partial charge is 0.342 e. The van der Waals surface area contributed by atoms with Gasteiger partial charge in [-0.15, -0.1) is 0 Å². The molecule has 1 N–H and O–H groups in total. The van der Waals surface area contributed by atoms with Crippen LogP contribution in [0, 0.1) is 6.92 Å². The summed E-state index contributed by atoms with van der Waals surface area (Å²) in [6, 6.07) is 5.87. The summed E-state index contributed by atoms with van der Waals surface area (Å²) >= 11 is 0. The van der Waals surface area contributed by atoms with Gasteiger partial charge in [0.05, 0.1) is 22.5 Å². The summed E-state index contributed by atoms with van der Waals surface area (Å²) < 4.78 is 35.8. The molecule has 1 aromatic heterocycles. The number of hydrogen-bond donors (Lipinski definition) is 1. The van der Waals surface area contributed by atoms with Gasteiger partial charge < -0.3 is 19.4 Å². The molecule has 1 aromatic carbocycles. The summed E-state index contributed by atoms with van der Waals surface area (Å²) in [6.07, 6.45) is 1.35. The van der Waals surface area contributed by atoms with Crippen LogP contribution in [0.1, 0.15) is 16.1 Å². The van der Waals surface area contributed by atoms with Crippen molar-refractivity contribution < 1.29 is 27.2 Å². The molecule has 152 valence electrons. The molecule has 0 aliphatic heterocycles. The third kappa shape index (κ3) is 4.70. The Bertz CT molecular complexity index is 979. The van der Waals surface area contributed by atoms with E-state index in [1.165, 1.54) is 38.6 Å². The number of furan rings is 1. The number of nitrogens with one attached hydrogen (secondary N) is 1. The predicted molar refractivity (Wildman–Crippen MR) is 104 cm³/mol. The Morgan fingerprint density at radius 1 is 1.14 bits per heavy atom. The fraction of sp³-hybridized carbons (Fsp3) is 0.333. The number of esters is 1. The first-order valence-corrected chi connectivity index (χ1v) is 9.73. The number of anilines is 2. The summed E-state index contributed by atoms with van der Waals surface area (Å²) in [5.41, 5.74) is 1.12. The molecule has 0 unspecified atom stereocenters. The van der Waals surface area contributed by atoms with E-state index in [1.807, 2.05) is 0 Å². The zero-order chi connectivity index (χ0) is 21.1. The monoisotopic (exact) mass is 409 g/mol. The van der Waals surface area contributed by atoms with Crippen LogP contribution in [0.5, 0.6) is 0 Å². The first-order valence-electron chi connectivity index (χ1n) is 8.29. The van der Waals surface area contributed by atoms with E-state index in [9.17, 15) is 18.0 Å². The van der Waals surface area contributed by atoms with Crippen molar-refractivity contribution in [1.82, 2.24) is 4.31 Å². The number of rotatable bonds is 7. The van der Waals surface area contributed by atoms with Gasteiger partial charge in [-0.05, 0) is 31.2 Å². The number of hydrogen-bond acceptors (Lipinski definition) is 7. The van der Waals surface area contributed by atoms with Crippen LogP contribution in [-0.2, 0) is 19.6 Å². The van der Waals surface area contributed by atoms with Crippen LogP contribution < -0.4 is 10.2 Å². The lowest BCUT2D eigenvalue weighted by molar-refractivity contribution is -0.119. The second-order valence-corrected chi connectivity index (χ2v) is 8.53. The van der Waals surface area contributed by atoms with Crippen LogP contribution in [0.2, 0.25) is 0 Å². The molecular formula is C18H23N3O6S. The topological polar surface area (TPSA) is 109 Å². The van der Waals surface area contributed by atoms with Gasteiger partial charge in [-0.2, -0.15) is 0 Å². The molecule has 1 amide bonds. The molecule has 0 fully saturated rings. The average Bonchev–Trinajstić information content (AvgIpc) is 3.05. The Morgan fingerprint density at radius 3 is 2.36 bits per heavy atom. The third-order valence-electron chi connectivity index (χ3n) is 3.92. The summed E-state index contributed by atoms with van der Waals surface area (Å²) in [6.45, 7) is 1.08. The van der Waals surface area contributed by atoms with Crippen molar-refractivity contribution in [1.29, 1.82) is 0 Å². The van der Waals surface area contributed by atoms with E-state index in [4.69, 9.17) is 9.15 Å². The molecule has 0 saturated heterocycles. The minimum Gasteiger partial charge on any atom is -0.469 e. The second-order valence-electron chi connectivity index (χ2n) is 6.38. The predicted octanol–water partition coefficient (Wildman–Crippen LogP) is 1.70. The molecular weight excluding hydrogens is 386 g/mol. The number of carbonyl (C=O) groups excluding carboxylic acids is 2. The minimum absolute atomic E-state index is 0.0319. The zero-order valence-corrected chi connectivity index (χ0v) is 17.2. The highest BCUT2D eigenvalue weighted by atomic mass is 32.2. The fourth-order valence-electron chi connectivity index (χ4n) is 2.37. The third-order valence-corrected chi connectivity index (χ3v) is 5.73. The second kappa shape index (κ2) is 8.44. The van der Waals surface area contributed by atoms with Gasteiger partial charge in [0.15, 0.2) is 6.61 Å². The van der Waals surface area contributed by atoms with Crippen LogP contribution in [0.3, 0.4) is 0 Å². The standard InChI is InChI=1S/C18H23N3O6S/c1-12-14(8-9-26-12)18(23)27-11-17(22)19-15-10-13(28(24,25)21(4)5)6-7-16(15)20(2)3/h6-10H,11H2,1-5H3,(H,19,22). The van der Waals surface area contributed by atoms with Crippen LogP contribution >= 0.6 is 0 Å². The van der Waals surface area contributed by atoms with E-state index in [0.717, 1.165) is 4.31 Å². The molecule has 0 aliphatic rings. The lowest BCUT2D eigenvalue weighted by Gasteiger charge is -2.20. The van der Waals surface area contributed by atoms with Crippen molar-refractivity contribution >= 4 is 33.3 Å². The van der Waals surface area contributed by atoms with Crippen LogP contribution in [-0.4, -0.2) is 59.4 Å². The van der Waals surface area contributed by atoms with E-state index in [1.54, 1.807) is 32.0 Å². The van der Waals surface area contributed by atoms with Gasteiger partial charge in [-0.1, -0.05) is 0 Å². The number of carbonyl (C=O) groups is 2. The summed E-state index contributed by atoms with van der Waals surface area (Å²) in [5, 5.41) is 2.59. The Kier molecular flexibility index (Phi) is 6.47. The highest BCUT2D eigenvalue weighted by molar-refractivity contribution is 7.89. The van der Waals surface area contributed by atoms with Crippen molar-refractivity contribution in [2.45, 2.75) is 11.8 Å². The van der Waals surface area contributed by atoms with Gasteiger partial charge in [0.25, 0.3) is 5.91 Å². The SMILES string of the molecule is Cc1occc1C(=O)OCC(=O)Nc1cc(S(=O)(=O)N(C)C)ccc1N(C)C. The molecule has 2 aromatic rings. The Balaban J connectivity index is 2.18. The number of ether oxygens (including phenoxy) is 1. The van der Waals surface area contributed by atoms with Crippen molar-refractivity contribution in [3.05, 3.63) is 41.9 Å². The quantitative estimate of drug-likeness (QED) is 0.693. The lowest BCUT2D eigenvalue weighted by Crippen LogP contribution is -2.24. The lowest BCUT2D eigenvalue weighted by atomic mass is 10.2. The highest BCUT2D eigenvalue weighted by Gasteiger charge is 2.21. The van der Waals surface area contributed by atoms with Crippen LogP contribution in [0.4, 0.5) is 11.4 Å². The van der Waals surface area contributed by atoms with Gasteiger partial charge in [0, 0.05) is 28.2 Å².